The average molecular weight is 827 g/mol. The summed E-state index contributed by atoms with van der Waals surface area (Å²) < 4.78 is 73.8. The van der Waals surface area contributed by atoms with Crippen LogP contribution >= 0.6 is 11.8 Å². The highest BCUT2D eigenvalue weighted by Gasteiger charge is 2.47. The number of nitrogens with zero attached hydrogens (tertiary/aromatic N) is 5. The van der Waals surface area contributed by atoms with Gasteiger partial charge >= 0.3 is 12.1 Å². The maximum absolute atomic E-state index is 15.8. The van der Waals surface area contributed by atoms with E-state index < -0.39 is 53.0 Å². The Morgan fingerprint density at radius 3 is 2.43 bits per heavy atom. The summed E-state index contributed by atoms with van der Waals surface area (Å²) in [5, 5.41) is 15.2. The number of allylic oxidation sites excluding steroid dienone is 2. The number of halogens is 3. The number of nitriles is 1. The first kappa shape index (κ1) is 43.9. The van der Waals surface area contributed by atoms with Crippen molar-refractivity contribution in [1.82, 2.24) is 25.0 Å². The summed E-state index contributed by atoms with van der Waals surface area (Å²) in [5.41, 5.74) is -1.59. The van der Waals surface area contributed by atoms with Crippen molar-refractivity contribution < 1.29 is 51.2 Å². The van der Waals surface area contributed by atoms with Crippen LogP contribution in [-0.2, 0) is 45.4 Å². The molecule has 0 spiro atoms. The lowest BCUT2D eigenvalue weighted by Crippen LogP contribution is -2.55. The van der Waals surface area contributed by atoms with E-state index in [1.165, 1.54) is 54.2 Å². The van der Waals surface area contributed by atoms with Crippen LogP contribution in [0.4, 0.5) is 18.0 Å². The second kappa shape index (κ2) is 20.5. The number of thioether (sulfide) groups is 1. The fourth-order valence-corrected chi connectivity index (χ4v) is 7.96. The quantitative estimate of drug-likeness (QED) is 0.114. The highest BCUT2D eigenvalue weighted by atomic mass is 32.2. The number of nitrogens with one attached hydrogen (secondary N) is 1. The number of carbonyl (C=O) groups is 3. The van der Waals surface area contributed by atoms with Gasteiger partial charge in [0.1, 0.15) is 30.1 Å². The highest BCUT2D eigenvalue weighted by Crippen LogP contribution is 2.42. The molecule has 2 fully saturated rings. The normalized spacial score (nSPS) is 21.9. The van der Waals surface area contributed by atoms with Crippen LogP contribution in [0.3, 0.4) is 0 Å². The zero-order valence-corrected chi connectivity index (χ0v) is 33.2. The third-order valence-corrected chi connectivity index (χ3v) is 10.7. The summed E-state index contributed by atoms with van der Waals surface area (Å²) in [6.45, 7) is 7.96. The topological polar surface area (TPSA) is 167 Å². The van der Waals surface area contributed by atoms with Crippen LogP contribution in [0.15, 0.2) is 67.3 Å². The lowest BCUT2D eigenvalue weighted by atomic mass is 9.89. The lowest BCUT2D eigenvalue weighted by Gasteiger charge is -2.40. The molecule has 2 aliphatic heterocycles. The van der Waals surface area contributed by atoms with E-state index >= 15 is 4.39 Å². The van der Waals surface area contributed by atoms with Gasteiger partial charge in [0.25, 0.3) is 0 Å². The Bertz CT molecular complexity index is 1980. The first-order valence-electron chi connectivity index (χ1n) is 18.6. The van der Waals surface area contributed by atoms with Crippen molar-refractivity contribution in [3.05, 3.63) is 101 Å². The Morgan fingerprint density at radius 2 is 1.78 bits per heavy atom. The van der Waals surface area contributed by atoms with Gasteiger partial charge in [0.2, 0.25) is 12.2 Å². The molecule has 2 aliphatic rings. The van der Waals surface area contributed by atoms with Gasteiger partial charge in [0.05, 0.1) is 43.1 Å². The molecule has 1 amide bonds. The van der Waals surface area contributed by atoms with Gasteiger partial charge in [-0.15, -0.1) is 11.8 Å². The number of hydrogen-bond donors (Lipinski definition) is 1. The minimum absolute atomic E-state index is 0.0984. The molecule has 0 aliphatic carbocycles. The number of benzene rings is 2. The molecule has 2 aromatic carbocycles. The molecule has 310 valence electrons. The number of ether oxygens (including phenoxy) is 5. The van der Waals surface area contributed by atoms with Crippen molar-refractivity contribution in [1.29, 1.82) is 5.26 Å². The summed E-state index contributed by atoms with van der Waals surface area (Å²) in [6, 6.07) is 9.12. The van der Waals surface area contributed by atoms with Gasteiger partial charge in [-0.2, -0.15) is 10.4 Å². The fraction of sp³-hybridized carbons (Fsp3) is 0.450. The minimum Gasteiger partial charge on any atom is -0.425 e. The van der Waals surface area contributed by atoms with Crippen LogP contribution in [0.2, 0.25) is 0 Å². The molecule has 0 radical (unpaired) electrons. The molecule has 1 aromatic heterocycles. The van der Waals surface area contributed by atoms with Crippen molar-refractivity contribution in [3.8, 4) is 6.07 Å². The average Bonchev–Trinajstić information content (AvgIpc) is 3.68. The third-order valence-electron chi connectivity index (χ3n) is 9.26. The molecule has 1 N–H and O–H groups in total. The Balaban J connectivity index is 1.24. The molecule has 3 heterocycles. The standard InChI is InChI=1S/C40H45F3N6O8S/c1-25-18-48(19-26(2)47-25)36(50)13-14-37(51)55-28(4)56-39(52)57-40(22-49-24-45-23-46-49,33-12-11-31(41)16-35(33)43)27(3)58-32-20-53-38(54-21-32)8-6-5-7-30-10-9-29(17-44)15-34(30)42/h5-12,15-16,23-28,32,38,47H,13-14,18-22H2,1-4H3/b7-5+,8-6+/t25?,26?,27-,28?,32?,38?,40-/m1/s1. The van der Waals surface area contributed by atoms with E-state index in [1.54, 1.807) is 30.1 Å². The largest absolute Gasteiger partial charge is 0.512 e. The molecule has 2 saturated heterocycles. The van der Waals surface area contributed by atoms with Gasteiger partial charge < -0.3 is 33.9 Å². The van der Waals surface area contributed by atoms with E-state index in [9.17, 15) is 23.2 Å². The predicted molar refractivity (Wildman–Crippen MR) is 205 cm³/mol. The van der Waals surface area contributed by atoms with Crippen molar-refractivity contribution in [3.63, 3.8) is 0 Å². The van der Waals surface area contributed by atoms with Crippen LogP contribution in [-0.4, -0.2) is 99.2 Å². The molecule has 3 aromatic rings. The van der Waals surface area contributed by atoms with Crippen LogP contribution < -0.4 is 5.32 Å². The Kier molecular flexibility index (Phi) is 15.5. The van der Waals surface area contributed by atoms with Gasteiger partial charge in [-0.3, -0.25) is 9.59 Å². The monoisotopic (exact) mass is 826 g/mol. The molecule has 3 unspecified atom stereocenters. The molecule has 18 heteroatoms. The van der Waals surface area contributed by atoms with Gasteiger partial charge in [0, 0.05) is 61.0 Å². The number of rotatable bonds is 15. The van der Waals surface area contributed by atoms with Gasteiger partial charge in [-0.1, -0.05) is 24.3 Å². The molecule has 14 nitrogen and oxygen atoms in total. The number of esters is 1. The zero-order valence-electron chi connectivity index (χ0n) is 32.4. The second-order valence-corrected chi connectivity index (χ2v) is 15.6. The Morgan fingerprint density at radius 1 is 1.03 bits per heavy atom. The molecule has 58 heavy (non-hydrogen) atoms. The molecule has 5 atom stereocenters. The molecule has 0 saturated carbocycles. The van der Waals surface area contributed by atoms with E-state index in [0.29, 0.717) is 24.7 Å². The number of amides is 1. The maximum Gasteiger partial charge on any atom is 0.512 e. The molecule has 0 bridgehead atoms. The van der Waals surface area contributed by atoms with Crippen LogP contribution in [0, 0.1) is 28.8 Å². The Labute approximate surface area is 338 Å². The fourth-order valence-electron chi connectivity index (χ4n) is 6.60. The van der Waals surface area contributed by atoms with E-state index in [-0.39, 0.29) is 67.0 Å². The second-order valence-electron chi connectivity index (χ2n) is 13.9. The molecular weight excluding hydrogens is 782 g/mol. The third kappa shape index (κ3) is 12.1. The number of piperazine rings is 1. The van der Waals surface area contributed by atoms with Crippen LogP contribution in [0.25, 0.3) is 6.08 Å². The number of carbonyl (C=O) groups excluding carboxylic acids is 3. The summed E-state index contributed by atoms with van der Waals surface area (Å²) in [5.74, 6) is -3.39. The summed E-state index contributed by atoms with van der Waals surface area (Å²) in [4.78, 5) is 44.6. The molecule has 5 rings (SSSR count). The first-order valence-corrected chi connectivity index (χ1v) is 19.5. The number of hydrogen-bond acceptors (Lipinski definition) is 13. The van der Waals surface area contributed by atoms with Crippen LogP contribution in [0.5, 0.6) is 0 Å². The number of aromatic nitrogens is 3. The van der Waals surface area contributed by atoms with E-state index in [2.05, 4.69) is 15.4 Å². The van der Waals surface area contributed by atoms with Crippen molar-refractivity contribution in [2.24, 2.45) is 0 Å². The first-order chi connectivity index (χ1) is 27.7. The lowest BCUT2D eigenvalue weighted by molar-refractivity contribution is -0.172. The molecular formula is C40H45F3N6O8S. The summed E-state index contributed by atoms with van der Waals surface area (Å²) in [6.07, 6.45) is 5.10. The van der Waals surface area contributed by atoms with E-state index in [0.717, 1.165) is 18.2 Å². The Hall–Kier alpha value is -5.22. The van der Waals surface area contributed by atoms with E-state index in [1.807, 2.05) is 19.9 Å². The highest BCUT2D eigenvalue weighted by molar-refractivity contribution is 8.00. The SMILES string of the molecule is CC1CN(C(=O)CCC(=O)OC(C)OC(=O)O[C@@](Cn2cncn2)(c2ccc(F)cc2F)[C@@H](C)SC2COC(/C=C/C=C/c3ccc(C#N)cc3F)OC2)CC(C)N1. The van der Waals surface area contributed by atoms with Gasteiger partial charge in [-0.25, -0.2) is 27.6 Å². The van der Waals surface area contributed by atoms with Crippen LogP contribution in [0.1, 0.15) is 57.2 Å². The van der Waals surface area contributed by atoms with Gasteiger partial charge in [-0.05, 0) is 51.1 Å². The predicted octanol–water partition coefficient (Wildman–Crippen LogP) is 5.63. The summed E-state index contributed by atoms with van der Waals surface area (Å²) >= 11 is 1.25. The van der Waals surface area contributed by atoms with Crippen molar-refractivity contribution in [2.75, 3.05) is 26.3 Å². The summed E-state index contributed by atoms with van der Waals surface area (Å²) in [7, 11) is 0. The zero-order chi connectivity index (χ0) is 41.8. The van der Waals surface area contributed by atoms with Crippen molar-refractivity contribution >= 4 is 35.9 Å². The van der Waals surface area contributed by atoms with Gasteiger partial charge in [0.15, 0.2) is 11.9 Å². The smallest absolute Gasteiger partial charge is 0.425 e. The van der Waals surface area contributed by atoms with E-state index in [4.69, 9.17) is 28.9 Å². The minimum atomic E-state index is -1.91. The maximum atomic E-state index is 15.8. The van der Waals surface area contributed by atoms with Crippen molar-refractivity contribution in [2.45, 2.75) is 87.8 Å².